The van der Waals surface area contributed by atoms with E-state index in [-0.39, 0.29) is 12.5 Å². The maximum atomic E-state index is 13.3. The number of carbonyl (C=O) groups excluding carboxylic acids is 1. The Morgan fingerprint density at radius 1 is 0.914 bits per heavy atom. The van der Waals surface area contributed by atoms with Gasteiger partial charge in [0.05, 0.1) is 11.5 Å². The summed E-state index contributed by atoms with van der Waals surface area (Å²) in [6.45, 7) is 2.41. The predicted molar refractivity (Wildman–Crippen MR) is 132 cm³/mol. The summed E-state index contributed by atoms with van der Waals surface area (Å²) in [6.07, 6.45) is 0.269. The number of nitrogens with zero attached hydrogens (tertiary/aromatic N) is 2. The van der Waals surface area contributed by atoms with Crippen LogP contribution >= 0.6 is 0 Å². The first kappa shape index (κ1) is 21.9. The highest BCUT2D eigenvalue weighted by atomic mass is 16.6. The Balaban J connectivity index is 1.18. The number of amides is 1. The van der Waals surface area contributed by atoms with E-state index >= 15 is 0 Å². The fourth-order valence-corrected chi connectivity index (χ4v) is 6.24. The summed E-state index contributed by atoms with van der Waals surface area (Å²) in [4.78, 5) is 29.3. The lowest BCUT2D eigenvalue weighted by Gasteiger charge is -2.51. The zero-order valence-corrected chi connectivity index (χ0v) is 19.5. The van der Waals surface area contributed by atoms with Gasteiger partial charge in [0, 0.05) is 32.1 Å². The fourth-order valence-electron chi connectivity index (χ4n) is 6.24. The highest BCUT2D eigenvalue weighted by Gasteiger charge is 2.60. The lowest BCUT2D eigenvalue weighted by molar-refractivity contribution is -0.148. The Labute approximate surface area is 204 Å². The minimum atomic E-state index is -0.850. The zero-order valence-electron chi connectivity index (χ0n) is 19.5. The Kier molecular flexibility index (Phi) is 5.33. The van der Waals surface area contributed by atoms with Gasteiger partial charge >= 0.3 is 12.1 Å². The molecule has 0 unspecified atom stereocenters. The van der Waals surface area contributed by atoms with Crippen molar-refractivity contribution in [2.45, 2.75) is 24.4 Å². The molecule has 6 rings (SSSR count). The van der Waals surface area contributed by atoms with E-state index in [1.54, 1.807) is 4.90 Å². The monoisotopic (exact) mass is 468 g/mol. The van der Waals surface area contributed by atoms with Crippen LogP contribution in [-0.2, 0) is 16.1 Å². The Bertz CT molecular complexity index is 1230. The largest absolute Gasteiger partial charge is 0.481 e. The standard InChI is InChI=1S/C29H28N2O4/c32-27(33)26-17-30(16-20-8-2-1-3-9-20)19-29(26)14-15-31(29)28(34)35-18-25-23-12-6-4-10-21(23)22-11-5-7-13-24(22)25/h1-13,25-26H,14-19H2,(H,32,33)/t26-,29+/m0/s1. The summed E-state index contributed by atoms with van der Waals surface area (Å²) in [5.74, 6) is -1.49. The van der Waals surface area contributed by atoms with Crippen molar-refractivity contribution in [3.8, 4) is 11.1 Å². The van der Waals surface area contributed by atoms with Crippen molar-refractivity contribution < 1.29 is 19.4 Å². The molecule has 0 aromatic heterocycles. The molecule has 0 bridgehead atoms. The van der Waals surface area contributed by atoms with Crippen LogP contribution in [0, 0.1) is 5.92 Å². The van der Waals surface area contributed by atoms with Crippen LogP contribution in [0.4, 0.5) is 4.79 Å². The lowest BCUT2D eigenvalue weighted by atomic mass is 9.76. The quantitative estimate of drug-likeness (QED) is 0.593. The van der Waals surface area contributed by atoms with E-state index in [2.05, 4.69) is 29.2 Å². The van der Waals surface area contributed by atoms with Gasteiger partial charge in [-0.1, -0.05) is 78.9 Å². The van der Waals surface area contributed by atoms with Crippen molar-refractivity contribution in [3.63, 3.8) is 0 Å². The Morgan fingerprint density at radius 3 is 2.14 bits per heavy atom. The number of carboxylic acids is 1. The average Bonchev–Trinajstić information content (AvgIpc) is 3.41. The number of aliphatic carboxylic acids is 1. The second-order valence-corrected chi connectivity index (χ2v) is 9.86. The van der Waals surface area contributed by atoms with Crippen molar-refractivity contribution in [1.82, 2.24) is 9.80 Å². The molecule has 0 radical (unpaired) electrons. The van der Waals surface area contributed by atoms with Crippen molar-refractivity contribution in [1.29, 1.82) is 0 Å². The van der Waals surface area contributed by atoms with E-state index in [1.807, 2.05) is 54.6 Å². The molecule has 2 fully saturated rings. The minimum Gasteiger partial charge on any atom is -0.481 e. The van der Waals surface area contributed by atoms with Crippen molar-refractivity contribution in [3.05, 3.63) is 95.6 Å². The van der Waals surface area contributed by atoms with Crippen LogP contribution in [0.5, 0.6) is 0 Å². The molecule has 1 amide bonds. The summed E-state index contributed by atoms with van der Waals surface area (Å²) >= 11 is 0. The van der Waals surface area contributed by atoms with Crippen molar-refractivity contribution >= 4 is 12.1 Å². The van der Waals surface area contributed by atoms with E-state index in [0.29, 0.717) is 32.6 Å². The molecule has 3 aromatic rings. The van der Waals surface area contributed by atoms with Gasteiger partial charge < -0.3 is 14.7 Å². The predicted octanol–water partition coefficient (Wildman–Crippen LogP) is 4.60. The third-order valence-corrected chi connectivity index (χ3v) is 8.00. The van der Waals surface area contributed by atoms with Crippen LogP contribution in [-0.4, -0.2) is 58.7 Å². The molecule has 1 N–H and O–H groups in total. The summed E-state index contributed by atoms with van der Waals surface area (Å²) < 4.78 is 5.89. The molecule has 35 heavy (non-hydrogen) atoms. The van der Waals surface area contributed by atoms with Crippen LogP contribution < -0.4 is 0 Å². The normalized spacial score (nSPS) is 23.1. The topological polar surface area (TPSA) is 70.1 Å². The third kappa shape index (κ3) is 3.60. The first-order valence-corrected chi connectivity index (χ1v) is 12.2. The minimum absolute atomic E-state index is 0.0167. The van der Waals surface area contributed by atoms with Crippen molar-refractivity contribution in [2.24, 2.45) is 5.92 Å². The molecular weight excluding hydrogens is 440 g/mol. The highest BCUT2D eigenvalue weighted by molar-refractivity contribution is 5.80. The molecule has 2 atom stereocenters. The number of likely N-dealkylation sites (tertiary alicyclic amines) is 2. The number of benzene rings is 3. The number of ether oxygens (including phenoxy) is 1. The molecule has 1 spiro atoms. The molecule has 6 nitrogen and oxygen atoms in total. The third-order valence-electron chi connectivity index (χ3n) is 8.00. The van der Waals surface area contributed by atoms with Crippen LogP contribution in [0.3, 0.4) is 0 Å². The molecule has 2 aliphatic heterocycles. The van der Waals surface area contributed by atoms with Crippen LogP contribution in [0.2, 0.25) is 0 Å². The van der Waals surface area contributed by atoms with E-state index in [0.717, 1.165) is 16.7 Å². The molecular formula is C29H28N2O4. The van der Waals surface area contributed by atoms with Gasteiger partial charge in [-0.15, -0.1) is 0 Å². The van der Waals surface area contributed by atoms with Gasteiger partial charge in [-0.3, -0.25) is 9.69 Å². The number of rotatable bonds is 5. The molecule has 6 heteroatoms. The summed E-state index contributed by atoms with van der Waals surface area (Å²) in [5, 5.41) is 10.0. The van der Waals surface area contributed by atoms with Crippen LogP contribution in [0.1, 0.15) is 29.0 Å². The molecule has 2 saturated heterocycles. The van der Waals surface area contributed by atoms with Gasteiger partial charge in [0.1, 0.15) is 6.61 Å². The average molecular weight is 469 g/mol. The summed E-state index contributed by atoms with van der Waals surface area (Å²) in [7, 11) is 0. The molecule has 3 aromatic carbocycles. The lowest BCUT2D eigenvalue weighted by Crippen LogP contribution is -2.67. The molecule has 0 saturated carbocycles. The second-order valence-electron chi connectivity index (χ2n) is 9.86. The Hall–Kier alpha value is -3.64. The number of hydrogen-bond acceptors (Lipinski definition) is 4. The first-order valence-electron chi connectivity index (χ1n) is 12.2. The van der Waals surface area contributed by atoms with E-state index < -0.39 is 23.5 Å². The molecule has 178 valence electrons. The SMILES string of the molecule is O=C(O)[C@@H]1CN(Cc2ccccc2)C[C@]12CCN2C(=O)OCC1c2ccccc2-c2ccccc21. The summed E-state index contributed by atoms with van der Waals surface area (Å²) in [6, 6.07) is 26.5. The van der Waals surface area contributed by atoms with E-state index in [9.17, 15) is 14.7 Å². The van der Waals surface area contributed by atoms with Gasteiger partial charge in [-0.05, 0) is 34.2 Å². The number of fused-ring (bicyclic) bond motifs is 3. The zero-order chi connectivity index (χ0) is 24.0. The van der Waals surface area contributed by atoms with Gasteiger partial charge in [-0.2, -0.15) is 0 Å². The highest BCUT2D eigenvalue weighted by Crippen LogP contribution is 2.46. The van der Waals surface area contributed by atoms with E-state index in [4.69, 9.17) is 4.74 Å². The van der Waals surface area contributed by atoms with Crippen LogP contribution in [0.25, 0.3) is 11.1 Å². The summed E-state index contributed by atoms with van der Waals surface area (Å²) in [5.41, 5.74) is 5.13. The maximum Gasteiger partial charge on any atom is 0.410 e. The molecule has 3 aliphatic rings. The second kappa shape index (κ2) is 8.54. The van der Waals surface area contributed by atoms with Crippen LogP contribution in [0.15, 0.2) is 78.9 Å². The first-order chi connectivity index (χ1) is 17.1. The fraction of sp³-hybridized carbons (Fsp3) is 0.310. The Morgan fingerprint density at radius 2 is 1.54 bits per heavy atom. The van der Waals surface area contributed by atoms with E-state index in [1.165, 1.54) is 11.1 Å². The number of carboxylic acid groups (broad SMARTS) is 1. The van der Waals surface area contributed by atoms with Gasteiger partial charge in [-0.25, -0.2) is 4.79 Å². The van der Waals surface area contributed by atoms with Gasteiger partial charge in [0.2, 0.25) is 0 Å². The van der Waals surface area contributed by atoms with Gasteiger partial charge in [0.15, 0.2) is 0 Å². The molecule has 2 heterocycles. The number of carbonyl (C=O) groups is 2. The molecule has 1 aliphatic carbocycles. The number of hydrogen-bond donors (Lipinski definition) is 1. The smallest absolute Gasteiger partial charge is 0.410 e. The van der Waals surface area contributed by atoms with Gasteiger partial charge in [0.25, 0.3) is 0 Å². The van der Waals surface area contributed by atoms with Crippen molar-refractivity contribution in [2.75, 3.05) is 26.2 Å². The maximum absolute atomic E-state index is 13.3.